The molecular formula is C20H25ClN4O4S. The molecule has 0 bridgehead atoms. The predicted molar refractivity (Wildman–Crippen MR) is 115 cm³/mol. The number of thiazole rings is 1. The molecule has 162 valence electrons. The summed E-state index contributed by atoms with van der Waals surface area (Å²) in [5.74, 6) is -1.14. The van der Waals surface area contributed by atoms with Gasteiger partial charge in [-0.25, -0.2) is 14.8 Å². The summed E-state index contributed by atoms with van der Waals surface area (Å²) in [5, 5.41) is 13.3. The standard InChI is InChI=1S/C20H25ClN4O4S/c1-5-12-16(21)25-17(23-12)18(26)24-13-7-6-11(8-14(13)29-9(2)3)19-22-10(4)15(30-19)20(27)28/h6,9,13-14H,5,7-8H2,1-4H3,(H,23,25)(H,24,26)(H,27,28)/t13-,14+/m1/s1. The number of rotatable bonds is 7. The van der Waals surface area contributed by atoms with Gasteiger partial charge in [0.25, 0.3) is 5.91 Å². The van der Waals surface area contributed by atoms with Crippen LogP contribution in [-0.4, -0.2) is 50.2 Å². The number of nitrogens with zero attached hydrogens (tertiary/aromatic N) is 2. The monoisotopic (exact) mass is 452 g/mol. The van der Waals surface area contributed by atoms with Crippen LogP contribution in [0.3, 0.4) is 0 Å². The van der Waals surface area contributed by atoms with Crippen molar-refractivity contribution in [1.29, 1.82) is 0 Å². The van der Waals surface area contributed by atoms with Crippen molar-refractivity contribution >= 4 is 40.4 Å². The van der Waals surface area contributed by atoms with Crippen molar-refractivity contribution in [3.8, 4) is 0 Å². The molecule has 0 unspecified atom stereocenters. The van der Waals surface area contributed by atoms with Gasteiger partial charge >= 0.3 is 5.97 Å². The van der Waals surface area contributed by atoms with Crippen molar-refractivity contribution in [3.05, 3.63) is 38.3 Å². The summed E-state index contributed by atoms with van der Waals surface area (Å²) in [6.07, 6.45) is 3.39. The molecule has 1 amide bonds. The Morgan fingerprint density at radius 2 is 2.17 bits per heavy atom. The van der Waals surface area contributed by atoms with E-state index in [1.807, 2.05) is 26.8 Å². The highest BCUT2D eigenvalue weighted by atomic mass is 35.5. The number of carboxylic acid groups (broad SMARTS) is 1. The molecule has 2 aromatic rings. The lowest BCUT2D eigenvalue weighted by molar-refractivity contribution is -0.0116. The number of ether oxygens (including phenoxy) is 1. The maximum absolute atomic E-state index is 12.7. The Labute approximate surface area is 183 Å². The highest BCUT2D eigenvalue weighted by Crippen LogP contribution is 2.33. The van der Waals surface area contributed by atoms with E-state index in [0.717, 1.165) is 22.6 Å². The zero-order chi connectivity index (χ0) is 22.0. The topological polar surface area (TPSA) is 117 Å². The average molecular weight is 453 g/mol. The Hall–Kier alpha value is -2.23. The second-order valence-electron chi connectivity index (χ2n) is 7.42. The zero-order valence-corrected chi connectivity index (χ0v) is 18.9. The van der Waals surface area contributed by atoms with Crippen molar-refractivity contribution in [2.24, 2.45) is 0 Å². The van der Waals surface area contributed by atoms with Crippen molar-refractivity contribution in [3.63, 3.8) is 0 Å². The molecule has 0 radical (unpaired) electrons. The third-order valence-electron chi connectivity index (χ3n) is 4.81. The molecule has 8 nitrogen and oxygen atoms in total. The summed E-state index contributed by atoms with van der Waals surface area (Å²) < 4.78 is 6.08. The van der Waals surface area contributed by atoms with Gasteiger partial charge in [0.1, 0.15) is 9.88 Å². The van der Waals surface area contributed by atoms with Crippen molar-refractivity contribution in [2.45, 2.75) is 65.2 Å². The number of H-pyrrole nitrogens is 1. The summed E-state index contributed by atoms with van der Waals surface area (Å²) in [6, 6.07) is -0.252. The van der Waals surface area contributed by atoms with Gasteiger partial charge in [-0.15, -0.1) is 11.3 Å². The Kier molecular flexibility index (Phi) is 6.95. The molecule has 2 atom stereocenters. The summed E-state index contributed by atoms with van der Waals surface area (Å²) in [4.78, 5) is 35.7. The summed E-state index contributed by atoms with van der Waals surface area (Å²) in [5.41, 5.74) is 2.15. The van der Waals surface area contributed by atoms with Gasteiger partial charge in [0.2, 0.25) is 0 Å². The number of carbonyl (C=O) groups is 2. The highest BCUT2D eigenvalue weighted by molar-refractivity contribution is 7.14. The molecule has 0 saturated carbocycles. The van der Waals surface area contributed by atoms with Gasteiger partial charge in [0.15, 0.2) is 11.0 Å². The number of amides is 1. The molecule has 3 rings (SSSR count). The van der Waals surface area contributed by atoms with Gasteiger partial charge in [-0.1, -0.05) is 24.6 Å². The average Bonchev–Trinajstić information content (AvgIpc) is 3.25. The molecule has 1 aliphatic rings. The smallest absolute Gasteiger partial charge is 0.347 e. The van der Waals surface area contributed by atoms with Crippen molar-refractivity contribution in [2.75, 3.05) is 0 Å². The Morgan fingerprint density at radius 3 is 2.73 bits per heavy atom. The summed E-state index contributed by atoms with van der Waals surface area (Å²) >= 11 is 7.21. The van der Waals surface area contributed by atoms with Gasteiger partial charge in [-0.3, -0.25) is 4.79 Å². The van der Waals surface area contributed by atoms with Crippen LogP contribution >= 0.6 is 22.9 Å². The fourth-order valence-corrected chi connectivity index (χ4v) is 4.60. The molecule has 2 aromatic heterocycles. The molecule has 10 heteroatoms. The minimum Gasteiger partial charge on any atom is -0.477 e. The van der Waals surface area contributed by atoms with E-state index in [-0.39, 0.29) is 34.9 Å². The van der Waals surface area contributed by atoms with Gasteiger partial charge in [0, 0.05) is 6.42 Å². The molecule has 1 aliphatic carbocycles. The summed E-state index contributed by atoms with van der Waals surface area (Å²) in [6.45, 7) is 7.49. The second-order valence-corrected chi connectivity index (χ2v) is 8.78. The lowest BCUT2D eigenvalue weighted by Gasteiger charge is -2.32. The largest absolute Gasteiger partial charge is 0.477 e. The van der Waals surface area contributed by atoms with E-state index >= 15 is 0 Å². The minimum atomic E-state index is -0.976. The number of aromatic nitrogens is 3. The van der Waals surface area contributed by atoms with E-state index in [0.29, 0.717) is 35.1 Å². The summed E-state index contributed by atoms with van der Waals surface area (Å²) in [7, 11) is 0. The van der Waals surface area contributed by atoms with Crippen molar-refractivity contribution in [1.82, 2.24) is 20.3 Å². The molecule has 0 saturated heterocycles. The molecule has 0 fully saturated rings. The van der Waals surface area contributed by atoms with Gasteiger partial charge in [-0.2, -0.15) is 0 Å². The third kappa shape index (κ3) is 4.91. The number of hydrogen-bond donors (Lipinski definition) is 3. The van der Waals surface area contributed by atoms with Crippen LogP contribution in [-0.2, 0) is 11.2 Å². The van der Waals surface area contributed by atoms with E-state index < -0.39 is 5.97 Å². The number of carbonyl (C=O) groups excluding carboxylic acids is 1. The van der Waals surface area contributed by atoms with E-state index in [9.17, 15) is 14.7 Å². The predicted octanol–water partition coefficient (Wildman–Crippen LogP) is 3.86. The lowest BCUT2D eigenvalue weighted by Crippen LogP contribution is -2.46. The third-order valence-corrected chi connectivity index (χ3v) is 6.35. The lowest BCUT2D eigenvalue weighted by atomic mass is 9.92. The van der Waals surface area contributed by atoms with Crippen LogP contribution in [0.1, 0.15) is 70.3 Å². The molecule has 0 aliphatic heterocycles. The zero-order valence-electron chi connectivity index (χ0n) is 17.3. The molecule has 30 heavy (non-hydrogen) atoms. The molecule has 3 N–H and O–H groups in total. The van der Waals surface area contributed by atoms with Crippen LogP contribution < -0.4 is 5.32 Å². The Morgan fingerprint density at radius 1 is 1.43 bits per heavy atom. The molecule has 0 aromatic carbocycles. The first-order valence-corrected chi connectivity index (χ1v) is 11.0. The fourth-order valence-electron chi connectivity index (χ4n) is 3.38. The number of nitrogens with one attached hydrogen (secondary N) is 2. The normalized spacial score (nSPS) is 19.1. The van der Waals surface area contributed by atoms with Crippen LogP contribution in [0.2, 0.25) is 5.15 Å². The number of halogens is 1. The van der Waals surface area contributed by atoms with Gasteiger partial charge < -0.3 is 20.1 Å². The number of aromatic carboxylic acids is 1. The molecule has 2 heterocycles. The maximum atomic E-state index is 12.7. The highest BCUT2D eigenvalue weighted by Gasteiger charge is 2.31. The number of hydrogen-bond acceptors (Lipinski definition) is 6. The van der Waals surface area contributed by atoms with E-state index in [4.69, 9.17) is 16.3 Å². The number of aromatic amines is 1. The first kappa shape index (κ1) is 22.5. The number of carboxylic acids is 1. The quantitative estimate of drug-likeness (QED) is 0.587. The number of aryl methyl sites for hydroxylation is 2. The molecule has 0 spiro atoms. The van der Waals surface area contributed by atoms with Gasteiger partial charge in [-0.05, 0) is 39.2 Å². The van der Waals surface area contributed by atoms with Crippen LogP contribution in [0, 0.1) is 6.92 Å². The van der Waals surface area contributed by atoms with Crippen LogP contribution in [0.4, 0.5) is 0 Å². The van der Waals surface area contributed by atoms with Crippen LogP contribution in [0.5, 0.6) is 0 Å². The van der Waals surface area contributed by atoms with Gasteiger partial charge in [0.05, 0.1) is 29.6 Å². The van der Waals surface area contributed by atoms with Crippen LogP contribution in [0.25, 0.3) is 5.57 Å². The first-order valence-electron chi connectivity index (χ1n) is 9.80. The first-order chi connectivity index (χ1) is 14.2. The van der Waals surface area contributed by atoms with Crippen LogP contribution in [0.15, 0.2) is 6.08 Å². The SMILES string of the molecule is CCc1[nH]c(C(=O)N[C@@H]2CC=C(c3nc(C)c(C(=O)O)s3)C[C@@H]2OC(C)C)nc1Cl. The molecular weight excluding hydrogens is 428 g/mol. The Balaban J connectivity index is 1.80. The maximum Gasteiger partial charge on any atom is 0.347 e. The van der Waals surface area contributed by atoms with Crippen molar-refractivity contribution < 1.29 is 19.4 Å². The second kappa shape index (κ2) is 9.28. The fraction of sp³-hybridized carbons (Fsp3) is 0.500. The van der Waals surface area contributed by atoms with E-state index in [1.54, 1.807) is 6.92 Å². The van der Waals surface area contributed by atoms with E-state index in [1.165, 1.54) is 0 Å². The number of imidazole rings is 1. The van der Waals surface area contributed by atoms with E-state index in [2.05, 4.69) is 20.3 Å². The minimum absolute atomic E-state index is 0.0360. The Bertz CT molecular complexity index is 982.